The van der Waals surface area contributed by atoms with Crippen molar-refractivity contribution >= 4 is 23.2 Å². The van der Waals surface area contributed by atoms with Gasteiger partial charge < -0.3 is 10.1 Å². The summed E-state index contributed by atoms with van der Waals surface area (Å²) >= 11 is 6.03. The van der Waals surface area contributed by atoms with E-state index in [0.717, 1.165) is 5.56 Å². The van der Waals surface area contributed by atoms with Gasteiger partial charge in [0.15, 0.2) is 0 Å². The van der Waals surface area contributed by atoms with Crippen molar-refractivity contribution in [1.82, 2.24) is 0 Å². The molecule has 0 saturated carbocycles. The number of benzene rings is 2. The third-order valence-electron chi connectivity index (χ3n) is 3.55. The number of para-hydroxylation sites is 2. The van der Waals surface area contributed by atoms with Crippen LogP contribution in [0, 0.1) is 0 Å². The Bertz CT molecular complexity index is 668. The van der Waals surface area contributed by atoms with Crippen LogP contribution in [0.3, 0.4) is 0 Å². The lowest BCUT2D eigenvalue weighted by Gasteiger charge is -2.25. The van der Waals surface area contributed by atoms with Crippen LogP contribution >= 0.6 is 11.6 Å². The molecular weight excluding hydrogens is 298 g/mol. The zero-order valence-electron chi connectivity index (χ0n) is 13.0. The summed E-state index contributed by atoms with van der Waals surface area (Å²) in [5, 5.41) is 3.57. The first-order chi connectivity index (χ1) is 10.4. The molecule has 1 amide bonds. The van der Waals surface area contributed by atoms with Crippen molar-refractivity contribution in [1.29, 1.82) is 0 Å². The summed E-state index contributed by atoms with van der Waals surface area (Å²) < 4.78 is 5.54. The fourth-order valence-electron chi connectivity index (χ4n) is 2.14. The van der Waals surface area contributed by atoms with Gasteiger partial charge in [0.05, 0.1) is 17.7 Å². The maximum atomic E-state index is 12.7. The monoisotopic (exact) mass is 317 g/mol. The molecule has 1 N–H and O–H groups in total. The predicted molar refractivity (Wildman–Crippen MR) is 90.7 cm³/mol. The number of anilines is 1. The quantitative estimate of drug-likeness (QED) is 0.871. The fourth-order valence-corrected chi connectivity index (χ4v) is 2.33. The van der Waals surface area contributed by atoms with E-state index >= 15 is 0 Å². The first-order valence-electron chi connectivity index (χ1n) is 7.24. The van der Waals surface area contributed by atoms with Gasteiger partial charge >= 0.3 is 0 Å². The summed E-state index contributed by atoms with van der Waals surface area (Å²) in [5.41, 5.74) is 0.834. The molecule has 0 aliphatic heterocycles. The summed E-state index contributed by atoms with van der Waals surface area (Å²) in [4.78, 5) is 12.7. The number of halogens is 1. The molecule has 3 nitrogen and oxygen atoms in total. The van der Waals surface area contributed by atoms with E-state index < -0.39 is 5.41 Å². The molecule has 0 aliphatic carbocycles. The smallest absolute Gasteiger partial charge is 0.234 e. The van der Waals surface area contributed by atoms with E-state index in [9.17, 15) is 4.79 Å². The predicted octanol–water partition coefficient (Wildman–Crippen LogP) is 4.66. The molecule has 0 aromatic heterocycles. The van der Waals surface area contributed by atoms with Crippen molar-refractivity contribution in [3.8, 4) is 5.75 Å². The van der Waals surface area contributed by atoms with Gasteiger partial charge in [-0.3, -0.25) is 4.79 Å². The number of ether oxygens (including phenoxy) is 1. The molecule has 0 heterocycles. The maximum Gasteiger partial charge on any atom is 0.234 e. The Labute approximate surface area is 136 Å². The van der Waals surface area contributed by atoms with E-state index in [4.69, 9.17) is 16.3 Å². The molecule has 2 aromatic rings. The molecule has 2 rings (SSSR count). The largest absolute Gasteiger partial charge is 0.492 e. The Morgan fingerprint density at radius 2 is 1.91 bits per heavy atom. The van der Waals surface area contributed by atoms with Crippen LogP contribution in [0.15, 0.2) is 48.5 Å². The van der Waals surface area contributed by atoms with Crippen LogP contribution < -0.4 is 10.1 Å². The van der Waals surface area contributed by atoms with Gasteiger partial charge in [-0.2, -0.15) is 0 Å². The average molecular weight is 318 g/mol. The van der Waals surface area contributed by atoms with Crippen LogP contribution in [-0.2, 0) is 10.2 Å². The van der Waals surface area contributed by atoms with Crippen molar-refractivity contribution < 1.29 is 9.53 Å². The van der Waals surface area contributed by atoms with Gasteiger partial charge in [0, 0.05) is 5.02 Å². The fraction of sp³-hybridized carbons (Fsp3) is 0.278. The Hall–Kier alpha value is -2.00. The first kappa shape index (κ1) is 16.4. The van der Waals surface area contributed by atoms with Crippen LogP contribution in [0.1, 0.15) is 26.3 Å². The lowest BCUT2D eigenvalue weighted by molar-refractivity contribution is -0.120. The minimum absolute atomic E-state index is 0.109. The normalized spacial score (nSPS) is 11.1. The third kappa shape index (κ3) is 3.60. The van der Waals surface area contributed by atoms with Gasteiger partial charge in [-0.1, -0.05) is 35.9 Å². The summed E-state index contributed by atoms with van der Waals surface area (Å²) in [6, 6.07) is 14.8. The van der Waals surface area contributed by atoms with Crippen LogP contribution in [0.25, 0.3) is 0 Å². The summed E-state index contributed by atoms with van der Waals surface area (Å²) in [7, 11) is 0. The highest BCUT2D eigenvalue weighted by Gasteiger charge is 2.30. The average Bonchev–Trinajstić information content (AvgIpc) is 2.49. The van der Waals surface area contributed by atoms with E-state index in [-0.39, 0.29) is 5.91 Å². The molecule has 0 aliphatic rings. The highest BCUT2D eigenvalue weighted by Crippen LogP contribution is 2.30. The van der Waals surface area contributed by atoms with Gasteiger partial charge in [0.1, 0.15) is 5.75 Å². The molecule has 4 heteroatoms. The van der Waals surface area contributed by atoms with Gasteiger partial charge in [-0.05, 0) is 50.6 Å². The zero-order valence-corrected chi connectivity index (χ0v) is 13.8. The van der Waals surface area contributed by atoms with Gasteiger partial charge in [0.25, 0.3) is 0 Å². The number of amides is 1. The van der Waals surface area contributed by atoms with E-state index in [1.165, 1.54) is 0 Å². The highest BCUT2D eigenvalue weighted by molar-refractivity contribution is 6.30. The van der Waals surface area contributed by atoms with Gasteiger partial charge in [-0.15, -0.1) is 0 Å². The first-order valence-corrected chi connectivity index (χ1v) is 7.62. The van der Waals surface area contributed by atoms with Crippen molar-refractivity contribution in [3.05, 3.63) is 59.1 Å². The van der Waals surface area contributed by atoms with Gasteiger partial charge in [-0.25, -0.2) is 0 Å². The SMILES string of the molecule is CCOc1ccccc1NC(=O)C(C)(C)c1cccc(Cl)c1. The minimum atomic E-state index is -0.704. The molecule has 0 saturated heterocycles. The van der Waals surface area contributed by atoms with E-state index in [2.05, 4.69) is 5.32 Å². The molecule has 0 spiro atoms. The van der Waals surface area contributed by atoms with E-state index in [1.807, 2.05) is 63.2 Å². The maximum absolute atomic E-state index is 12.7. The van der Waals surface area contributed by atoms with Crippen molar-refractivity contribution in [3.63, 3.8) is 0 Å². The second-order valence-electron chi connectivity index (χ2n) is 5.52. The standard InChI is InChI=1S/C18H20ClNO2/c1-4-22-16-11-6-5-10-15(16)20-17(21)18(2,3)13-8-7-9-14(19)12-13/h5-12H,4H2,1-3H3,(H,20,21). The molecular formula is C18H20ClNO2. The van der Waals surface area contributed by atoms with Crippen molar-refractivity contribution in [2.24, 2.45) is 0 Å². The summed E-state index contributed by atoms with van der Waals surface area (Å²) in [6.07, 6.45) is 0. The lowest BCUT2D eigenvalue weighted by atomic mass is 9.83. The second kappa shape index (κ2) is 6.84. The number of hydrogen-bond acceptors (Lipinski definition) is 2. The molecule has 0 atom stereocenters. The van der Waals surface area contributed by atoms with Crippen LogP contribution in [0.2, 0.25) is 5.02 Å². The highest BCUT2D eigenvalue weighted by atomic mass is 35.5. The Kier molecular flexibility index (Phi) is 5.09. The lowest BCUT2D eigenvalue weighted by Crippen LogP contribution is -2.34. The number of nitrogens with one attached hydrogen (secondary N) is 1. The number of carbonyl (C=O) groups excluding carboxylic acids is 1. The van der Waals surface area contributed by atoms with Crippen molar-refractivity contribution in [2.45, 2.75) is 26.2 Å². The van der Waals surface area contributed by atoms with Crippen LogP contribution in [0.4, 0.5) is 5.69 Å². The molecule has 0 radical (unpaired) electrons. The molecule has 22 heavy (non-hydrogen) atoms. The molecule has 0 fully saturated rings. The van der Waals surface area contributed by atoms with E-state index in [0.29, 0.717) is 23.1 Å². The topological polar surface area (TPSA) is 38.3 Å². The second-order valence-corrected chi connectivity index (χ2v) is 5.96. The zero-order chi connectivity index (χ0) is 16.2. The molecule has 116 valence electrons. The third-order valence-corrected chi connectivity index (χ3v) is 3.78. The summed E-state index contributed by atoms with van der Waals surface area (Å²) in [6.45, 7) is 6.20. The minimum Gasteiger partial charge on any atom is -0.492 e. The van der Waals surface area contributed by atoms with Crippen LogP contribution in [-0.4, -0.2) is 12.5 Å². The molecule has 2 aromatic carbocycles. The molecule has 0 unspecified atom stereocenters. The molecule has 0 bridgehead atoms. The Morgan fingerprint density at radius 3 is 2.59 bits per heavy atom. The summed E-state index contributed by atoms with van der Waals surface area (Å²) in [5.74, 6) is 0.558. The van der Waals surface area contributed by atoms with Crippen LogP contribution in [0.5, 0.6) is 5.75 Å². The number of hydrogen-bond donors (Lipinski definition) is 1. The number of rotatable bonds is 5. The Balaban J connectivity index is 2.25. The van der Waals surface area contributed by atoms with Crippen molar-refractivity contribution in [2.75, 3.05) is 11.9 Å². The van der Waals surface area contributed by atoms with Gasteiger partial charge in [0.2, 0.25) is 5.91 Å². The van der Waals surface area contributed by atoms with E-state index in [1.54, 1.807) is 6.07 Å². The number of carbonyl (C=O) groups is 1. The Morgan fingerprint density at radius 1 is 1.18 bits per heavy atom.